The van der Waals surface area contributed by atoms with Gasteiger partial charge in [-0.1, -0.05) is 78.9 Å². The van der Waals surface area contributed by atoms with Crippen molar-refractivity contribution in [3.8, 4) is 0 Å². The fourth-order valence-electron chi connectivity index (χ4n) is 3.36. The van der Waals surface area contributed by atoms with E-state index in [1.807, 2.05) is 60.7 Å². The molecule has 0 fully saturated rings. The van der Waals surface area contributed by atoms with Crippen molar-refractivity contribution in [2.45, 2.75) is 19.0 Å². The van der Waals surface area contributed by atoms with E-state index < -0.39 is 6.04 Å². The molecule has 3 aromatic rings. The molecule has 0 spiro atoms. The molecule has 0 unspecified atom stereocenters. The highest BCUT2D eigenvalue weighted by Crippen LogP contribution is 2.25. The van der Waals surface area contributed by atoms with Crippen LogP contribution in [0.15, 0.2) is 97.6 Å². The Kier molecular flexibility index (Phi) is 7.71. The average molecular weight is 416 g/mol. The second-order valence-corrected chi connectivity index (χ2v) is 7.16. The molecule has 1 N–H and O–H groups in total. The third-order valence-electron chi connectivity index (χ3n) is 4.88. The molecule has 4 nitrogen and oxygen atoms in total. The van der Waals surface area contributed by atoms with Gasteiger partial charge in [0.25, 0.3) is 0 Å². The summed E-state index contributed by atoms with van der Waals surface area (Å²) in [6.45, 7) is 4.11. The zero-order valence-electron chi connectivity index (χ0n) is 17.2. The van der Waals surface area contributed by atoms with Crippen molar-refractivity contribution in [2.24, 2.45) is 0 Å². The van der Waals surface area contributed by atoms with Crippen LogP contribution in [0.5, 0.6) is 0 Å². The summed E-state index contributed by atoms with van der Waals surface area (Å²) in [5.74, 6) is -0.845. The zero-order chi connectivity index (χ0) is 22.1. The van der Waals surface area contributed by atoms with Crippen molar-refractivity contribution in [1.82, 2.24) is 10.2 Å². The predicted molar refractivity (Wildman–Crippen MR) is 119 cm³/mol. The average Bonchev–Trinajstić information content (AvgIpc) is 2.80. The minimum absolute atomic E-state index is 0.153. The van der Waals surface area contributed by atoms with E-state index in [9.17, 15) is 14.0 Å². The van der Waals surface area contributed by atoms with Crippen LogP contribution in [0.2, 0.25) is 0 Å². The summed E-state index contributed by atoms with van der Waals surface area (Å²) >= 11 is 0. The lowest BCUT2D eigenvalue weighted by atomic mass is 10.0. The van der Waals surface area contributed by atoms with Crippen LogP contribution in [0.3, 0.4) is 0 Å². The van der Waals surface area contributed by atoms with Gasteiger partial charge < -0.3 is 10.2 Å². The van der Waals surface area contributed by atoms with Gasteiger partial charge >= 0.3 is 0 Å². The number of nitrogens with zero attached hydrogens (tertiary/aromatic N) is 1. The van der Waals surface area contributed by atoms with Gasteiger partial charge in [0.15, 0.2) is 0 Å². The van der Waals surface area contributed by atoms with Gasteiger partial charge in [0.2, 0.25) is 11.8 Å². The van der Waals surface area contributed by atoms with Crippen LogP contribution in [0.1, 0.15) is 22.7 Å². The van der Waals surface area contributed by atoms with Crippen LogP contribution >= 0.6 is 0 Å². The van der Waals surface area contributed by atoms with E-state index in [4.69, 9.17) is 0 Å². The molecule has 3 aromatic carbocycles. The maximum Gasteiger partial charge on any atom is 0.247 e. The Morgan fingerprint density at radius 3 is 2.13 bits per heavy atom. The van der Waals surface area contributed by atoms with Gasteiger partial charge in [-0.25, -0.2) is 4.39 Å². The first-order valence-electron chi connectivity index (χ1n) is 10.1. The fourth-order valence-corrected chi connectivity index (χ4v) is 3.36. The molecular formula is C26H25FN2O2. The Labute approximate surface area is 182 Å². The molecule has 0 heterocycles. The molecule has 0 aliphatic heterocycles. The smallest absolute Gasteiger partial charge is 0.247 e. The first-order valence-corrected chi connectivity index (χ1v) is 10.1. The molecule has 2 amide bonds. The molecule has 0 aromatic heterocycles. The number of hydrogen-bond donors (Lipinski definition) is 1. The highest BCUT2D eigenvalue weighted by atomic mass is 19.1. The summed E-state index contributed by atoms with van der Waals surface area (Å²) in [6, 6.07) is 23.7. The van der Waals surface area contributed by atoms with Crippen molar-refractivity contribution in [3.05, 3.63) is 120 Å². The largest absolute Gasteiger partial charge is 0.351 e. The van der Waals surface area contributed by atoms with Crippen molar-refractivity contribution in [2.75, 3.05) is 6.54 Å². The van der Waals surface area contributed by atoms with Crippen LogP contribution in [0.25, 0.3) is 0 Å². The molecule has 0 saturated heterocycles. The lowest BCUT2D eigenvalue weighted by Gasteiger charge is -2.31. The van der Waals surface area contributed by atoms with E-state index in [0.29, 0.717) is 12.1 Å². The SMILES string of the molecule is C=CCNC(=O)[C@@H](c1ccccc1)N(Cc1ccc(F)cc1)C(=O)Cc1ccccc1. The summed E-state index contributed by atoms with van der Waals surface area (Å²) in [7, 11) is 0. The Balaban J connectivity index is 1.98. The number of nitrogens with one attached hydrogen (secondary N) is 1. The maximum absolute atomic E-state index is 13.4. The molecule has 31 heavy (non-hydrogen) atoms. The lowest BCUT2D eigenvalue weighted by Crippen LogP contribution is -2.44. The van der Waals surface area contributed by atoms with Gasteiger partial charge in [-0.2, -0.15) is 0 Å². The van der Waals surface area contributed by atoms with Crippen molar-refractivity contribution < 1.29 is 14.0 Å². The molecule has 3 rings (SSSR count). The number of carbonyl (C=O) groups excluding carboxylic acids is 2. The first-order chi connectivity index (χ1) is 15.1. The van der Waals surface area contributed by atoms with Gasteiger partial charge in [-0.3, -0.25) is 9.59 Å². The highest BCUT2D eigenvalue weighted by Gasteiger charge is 2.31. The van der Waals surface area contributed by atoms with E-state index in [-0.39, 0.29) is 30.6 Å². The van der Waals surface area contributed by atoms with E-state index in [1.165, 1.54) is 12.1 Å². The van der Waals surface area contributed by atoms with Gasteiger partial charge in [0.05, 0.1) is 6.42 Å². The third-order valence-corrected chi connectivity index (χ3v) is 4.88. The molecule has 0 aliphatic carbocycles. The predicted octanol–water partition coefficient (Wildman–Crippen LogP) is 4.44. The number of benzene rings is 3. The minimum Gasteiger partial charge on any atom is -0.351 e. The van der Waals surface area contributed by atoms with Crippen LogP contribution in [0, 0.1) is 5.82 Å². The van der Waals surface area contributed by atoms with Crippen LogP contribution < -0.4 is 5.32 Å². The molecule has 0 bridgehead atoms. The Morgan fingerprint density at radius 2 is 1.52 bits per heavy atom. The number of amides is 2. The molecular weight excluding hydrogens is 391 g/mol. The highest BCUT2D eigenvalue weighted by molar-refractivity contribution is 5.89. The molecule has 0 aliphatic rings. The molecule has 0 radical (unpaired) electrons. The van der Waals surface area contributed by atoms with Gasteiger partial charge in [-0.15, -0.1) is 6.58 Å². The molecule has 1 atom stereocenters. The lowest BCUT2D eigenvalue weighted by molar-refractivity contribution is -0.141. The molecule has 0 saturated carbocycles. The summed E-state index contributed by atoms with van der Waals surface area (Å²) in [4.78, 5) is 28.1. The first kappa shape index (κ1) is 22.0. The fraction of sp³-hybridized carbons (Fsp3) is 0.154. The maximum atomic E-state index is 13.4. The number of carbonyl (C=O) groups is 2. The zero-order valence-corrected chi connectivity index (χ0v) is 17.2. The van der Waals surface area contributed by atoms with E-state index in [2.05, 4.69) is 11.9 Å². The van der Waals surface area contributed by atoms with Crippen molar-refractivity contribution in [1.29, 1.82) is 0 Å². The van der Waals surface area contributed by atoms with Crippen LogP contribution in [-0.2, 0) is 22.6 Å². The van der Waals surface area contributed by atoms with E-state index in [0.717, 1.165) is 11.1 Å². The second-order valence-electron chi connectivity index (χ2n) is 7.16. The summed E-state index contributed by atoms with van der Waals surface area (Å²) < 4.78 is 13.4. The Morgan fingerprint density at radius 1 is 0.903 bits per heavy atom. The van der Waals surface area contributed by atoms with Crippen LogP contribution in [0.4, 0.5) is 4.39 Å². The van der Waals surface area contributed by atoms with Gasteiger partial charge in [-0.05, 0) is 28.8 Å². The molecule has 5 heteroatoms. The van der Waals surface area contributed by atoms with E-state index >= 15 is 0 Å². The topological polar surface area (TPSA) is 49.4 Å². The summed E-state index contributed by atoms with van der Waals surface area (Å²) in [5.41, 5.74) is 2.29. The van der Waals surface area contributed by atoms with E-state index in [1.54, 1.807) is 23.1 Å². The monoisotopic (exact) mass is 416 g/mol. The third kappa shape index (κ3) is 6.12. The Bertz CT molecular complexity index is 1000. The van der Waals surface area contributed by atoms with Crippen LogP contribution in [-0.4, -0.2) is 23.3 Å². The van der Waals surface area contributed by atoms with Gasteiger partial charge in [0.1, 0.15) is 11.9 Å². The minimum atomic E-state index is -0.831. The standard InChI is InChI=1S/C26H25FN2O2/c1-2-17-28-26(31)25(22-11-7-4-8-12-22)29(19-21-13-15-23(27)16-14-21)24(30)18-20-9-5-3-6-10-20/h2-16,25H,1,17-19H2,(H,28,31)/t25-/m1/s1. The van der Waals surface area contributed by atoms with Crippen molar-refractivity contribution >= 4 is 11.8 Å². The van der Waals surface area contributed by atoms with Gasteiger partial charge in [0, 0.05) is 13.1 Å². The summed E-state index contributed by atoms with van der Waals surface area (Å²) in [5, 5.41) is 2.81. The second kappa shape index (κ2) is 10.9. The summed E-state index contributed by atoms with van der Waals surface area (Å²) in [6.07, 6.45) is 1.75. The normalized spacial score (nSPS) is 11.4. The molecule has 158 valence electrons. The number of halogens is 1. The number of rotatable bonds is 9. The van der Waals surface area contributed by atoms with Crippen molar-refractivity contribution in [3.63, 3.8) is 0 Å². The Hall–Kier alpha value is -3.73. The number of hydrogen-bond acceptors (Lipinski definition) is 2. The quantitative estimate of drug-likeness (QED) is 0.524.